The molecule has 17 heavy (non-hydrogen) atoms. The number of nitrogens with two attached hydrogens (primary N) is 1. The number of nitrogens with zero attached hydrogens (tertiary/aromatic N) is 1. The van der Waals surface area contributed by atoms with Crippen LogP contribution in [0.2, 0.25) is 0 Å². The molecule has 1 fully saturated rings. The minimum atomic E-state index is 0.664. The third-order valence-electron chi connectivity index (χ3n) is 3.56. The molecular weight excluding hydrogens is 212 g/mol. The van der Waals surface area contributed by atoms with Gasteiger partial charge in [-0.25, -0.2) is 4.98 Å². The van der Waals surface area contributed by atoms with Gasteiger partial charge in [-0.1, -0.05) is 25.7 Å². The van der Waals surface area contributed by atoms with Crippen LogP contribution in [0, 0.1) is 12.8 Å². The lowest BCUT2D eigenvalue weighted by atomic mass is 10.0. The van der Waals surface area contributed by atoms with Gasteiger partial charge in [0.05, 0.1) is 6.61 Å². The van der Waals surface area contributed by atoms with Crippen molar-refractivity contribution in [2.75, 3.05) is 12.3 Å². The molecule has 3 heteroatoms. The summed E-state index contributed by atoms with van der Waals surface area (Å²) in [5, 5.41) is 0. The summed E-state index contributed by atoms with van der Waals surface area (Å²) in [7, 11) is 0. The molecule has 0 aliphatic heterocycles. The van der Waals surface area contributed by atoms with Crippen LogP contribution in [0.25, 0.3) is 0 Å². The molecule has 1 aromatic rings. The molecular formula is C14H22N2O. The number of aryl methyl sites for hydroxylation is 1. The van der Waals surface area contributed by atoms with Gasteiger partial charge < -0.3 is 10.5 Å². The lowest BCUT2D eigenvalue weighted by Crippen LogP contribution is -2.12. The van der Waals surface area contributed by atoms with E-state index in [0.717, 1.165) is 17.9 Å². The summed E-state index contributed by atoms with van der Waals surface area (Å²) in [6.07, 6.45) is 9.81. The van der Waals surface area contributed by atoms with Gasteiger partial charge >= 0.3 is 0 Å². The zero-order valence-electron chi connectivity index (χ0n) is 10.6. The van der Waals surface area contributed by atoms with Crippen LogP contribution in [0.4, 0.5) is 5.69 Å². The van der Waals surface area contributed by atoms with E-state index in [9.17, 15) is 0 Å². The normalized spacial score (nSPS) is 17.7. The topological polar surface area (TPSA) is 48.1 Å². The van der Waals surface area contributed by atoms with Crippen molar-refractivity contribution < 1.29 is 4.74 Å². The lowest BCUT2D eigenvalue weighted by molar-refractivity contribution is 0.226. The molecule has 0 atom stereocenters. The molecule has 1 aliphatic rings. The second-order valence-electron chi connectivity index (χ2n) is 5.05. The summed E-state index contributed by atoms with van der Waals surface area (Å²) in [5.41, 5.74) is 7.60. The average Bonchev–Trinajstić information content (AvgIpc) is 2.59. The van der Waals surface area contributed by atoms with Crippen molar-refractivity contribution in [3.63, 3.8) is 0 Å². The second-order valence-corrected chi connectivity index (χ2v) is 5.05. The summed E-state index contributed by atoms with van der Waals surface area (Å²) in [6, 6.07) is 1.83. The zero-order chi connectivity index (χ0) is 12.1. The van der Waals surface area contributed by atoms with Gasteiger partial charge in [0, 0.05) is 18.0 Å². The Morgan fingerprint density at radius 1 is 1.29 bits per heavy atom. The van der Waals surface area contributed by atoms with Gasteiger partial charge in [0.2, 0.25) is 5.88 Å². The van der Waals surface area contributed by atoms with E-state index in [4.69, 9.17) is 10.5 Å². The molecule has 0 aromatic carbocycles. The molecule has 1 aliphatic carbocycles. The molecule has 3 nitrogen and oxygen atoms in total. The standard InChI is InChI=1S/C14H22N2O/c1-11-9-16-14(8-13(11)15)17-10-12-6-4-2-3-5-7-12/h8-9,12H,2-7,10H2,1H3,(H2,15,16). The molecule has 2 rings (SSSR count). The number of hydrogen-bond acceptors (Lipinski definition) is 3. The number of aromatic nitrogens is 1. The molecule has 1 aromatic heterocycles. The maximum atomic E-state index is 5.83. The van der Waals surface area contributed by atoms with E-state index in [1.54, 1.807) is 6.20 Å². The molecule has 0 unspecified atom stereocenters. The number of hydrogen-bond donors (Lipinski definition) is 1. The molecule has 0 saturated heterocycles. The zero-order valence-corrected chi connectivity index (χ0v) is 10.6. The van der Waals surface area contributed by atoms with E-state index < -0.39 is 0 Å². The highest BCUT2D eigenvalue weighted by molar-refractivity contribution is 5.47. The van der Waals surface area contributed by atoms with Crippen LogP contribution in [-0.4, -0.2) is 11.6 Å². The van der Waals surface area contributed by atoms with Crippen molar-refractivity contribution >= 4 is 5.69 Å². The first-order valence-corrected chi connectivity index (χ1v) is 6.60. The summed E-state index contributed by atoms with van der Waals surface area (Å²) in [4.78, 5) is 4.24. The Morgan fingerprint density at radius 3 is 2.65 bits per heavy atom. The Labute approximate surface area is 103 Å². The first kappa shape index (κ1) is 12.2. The number of rotatable bonds is 3. The van der Waals surface area contributed by atoms with Crippen molar-refractivity contribution in [1.29, 1.82) is 0 Å². The van der Waals surface area contributed by atoms with Gasteiger partial charge in [0.25, 0.3) is 0 Å². The Morgan fingerprint density at radius 2 is 2.00 bits per heavy atom. The highest BCUT2D eigenvalue weighted by atomic mass is 16.5. The largest absolute Gasteiger partial charge is 0.477 e. The van der Waals surface area contributed by atoms with Crippen LogP contribution in [0.15, 0.2) is 12.3 Å². The Hall–Kier alpha value is -1.25. The van der Waals surface area contributed by atoms with E-state index >= 15 is 0 Å². The molecule has 0 amide bonds. The van der Waals surface area contributed by atoms with Crippen molar-refractivity contribution in [2.45, 2.75) is 45.4 Å². The van der Waals surface area contributed by atoms with E-state index in [1.165, 1.54) is 38.5 Å². The number of anilines is 1. The first-order valence-electron chi connectivity index (χ1n) is 6.60. The summed E-state index contributed by atoms with van der Waals surface area (Å²) < 4.78 is 5.75. The van der Waals surface area contributed by atoms with Crippen molar-refractivity contribution in [2.24, 2.45) is 5.92 Å². The van der Waals surface area contributed by atoms with E-state index in [1.807, 2.05) is 13.0 Å². The van der Waals surface area contributed by atoms with Crippen LogP contribution < -0.4 is 10.5 Å². The van der Waals surface area contributed by atoms with Gasteiger partial charge in [-0.15, -0.1) is 0 Å². The van der Waals surface area contributed by atoms with Gasteiger partial charge in [-0.3, -0.25) is 0 Å². The minimum Gasteiger partial charge on any atom is -0.477 e. The predicted molar refractivity (Wildman–Crippen MR) is 70.1 cm³/mol. The summed E-state index contributed by atoms with van der Waals surface area (Å²) >= 11 is 0. The summed E-state index contributed by atoms with van der Waals surface area (Å²) in [5.74, 6) is 1.36. The first-order chi connectivity index (χ1) is 8.25. The molecule has 0 radical (unpaired) electrons. The van der Waals surface area contributed by atoms with Crippen molar-refractivity contribution in [3.05, 3.63) is 17.8 Å². The van der Waals surface area contributed by atoms with E-state index in [-0.39, 0.29) is 0 Å². The SMILES string of the molecule is Cc1cnc(OCC2CCCCCC2)cc1N. The van der Waals surface area contributed by atoms with Crippen LogP contribution in [0.1, 0.15) is 44.1 Å². The monoisotopic (exact) mass is 234 g/mol. The Kier molecular flexibility index (Phi) is 4.24. The average molecular weight is 234 g/mol. The second kappa shape index (κ2) is 5.89. The van der Waals surface area contributed by atoms with Crippen LogP contribution in [-0.2, 0) is 0 Å². The molecule has 0 bridgehead atoms. The maximum absolute atomic E-state index is 5.83. The van der Waals surface area contributed by atoms with Crippen LogP contribution >= 0.6 is 0 Å². The molecule has 0 spiro atoms. The fourth-order valence-electron chi connectivity index (χ4n) is 2.33. The third-order valence-corrected chi connectivity index (χ3v) is 3.56. The Balaban J connectivity index is 1.85. The highest BCUT2D eigenvalue weighted by Gasteiger charge is 2.13. The van der Waals surface area contributed by atoms with E-state index in [2.05, 4.69) is 4.98 Å². The fraction of sp³-hybridized carbons (Fsp3) is 0.643. The van der Waals surface area contributed by atoms with Gasteiger partial charge in [0.15, 0.2) is 0 Å². The highest BCUT2D eigenvalue weighted by Crippen LogP contribution is 2.24. The van der Waals surface area contributed by atoms with Gasteiger partial charge in [-0.2, -0.15) is 0 Å². The predicted octanol–water partition coefficient (Wildman–Crippen LogP) is 3.32. The van der Waals surface area contributed by atoms with Gasteiger partial charge in [-0.05, 0) is 31.2 Å². The molecule has 1 saturated carbocycles. The minimum absolute atomic E-state index is 0.664. The Bertz CT molecular complexity index is 357. The smallest absolute Gasteiger partial charge is 0.215 e. The molecule has 1 heterocycles. The van der Waals surface area contributed by atoms with Gasteiger partial charge in [0.1, 0.15) is 0 Å². The van der Waals surface area contributed by atoms with Crippen LogP contribution in [0.5, 0.6) is 5.88 Å². The van der Waals surface area contributed by atoms with Crippen LogP contribution in [0.3, 0.4) is 0 Å². The maximum Gasteiger partial charge on any atom is 0.215 e. The lowest BCUT2D eigenvalue weighted by Gasteiger charge is -2.14. The number of pyridine rings is 1. The number of nitrogen functional groups attached to an aromatic ring is 1. The van der Waals surface area contributed by atoms with Crippen molar-refractivity contribution in [1.82, 2.24) is 4.98 Å². The molecule has 94 valence electrons. The fourth-order valence-corrected chi connectivity index (χ4v) is 2.33. The molecule has 2 N–H and O–H groups in total. The van der Waals surface area contributed by atoms with E-state index in [0.29, 0.717) is 11.8 Å². The number of ether oxygens (including phenoxy) is 1. The summed E-state index contributed by atoms with van der Waals surface area (Å²) in [6.45, 7) is 2.74. The van der Waals surface area contributed by atoms with Crippen molar-refractivity contribution in [3.8, 4) is 5.88 Å². The quantitative estimate of drug-likeness (QED) is 0.816. The third kappa shape index (κ3) is 3.62.